The lowest BCUT2D eigenvalue weighted by Gasteiger charge is -2.31. The Balaban J connectivity index is 1.65. The zero-order chi connectivity index (χ0) is 17.1. The maximum absolute atomic E-state index is 12.6. The van der Waals surface area contributed by atoms with Crippen molar-refractivity contribution < 1.29 is 14.3 Å². The van der Waals surface area contributed by atoms with Gasteiger partial charge in [-0.25, -0.2) is 4.98 Å². The molecule has 0 saturated carbocycles. The first-order valence-corrected chi connectivity index (χ1v) is 8.43. The summed E-state index contributed by atoms with van der Waals surface area (Å²) in [5.74, 6) is -0.329. The number of rotatable bonds is 4. The number of nitrogens with zero attached hydrogens (tertiary/aromatic N) is 3. The van der Waals surface area contributed by atoms with E-state index in [0.29, 0.717) is 26.1 Å². The van der Waals surface area contributed by atoms with Gasteiger partial charge in [0.25, 0.3) is 0 Å². The number of hydrogen-bond donors (Lipinski definition) is 0. The monoisotopic (exact) mass is 329 g/mol. The number of likely N-dealkylation sites (tertiary alicyclic amines) is 1. The van der Waals surface area contributed by atoms with Crippen LogP contribution in [0.5, 0.6) is 0 Å². The summed E-state index contributed by atoms with van der Waals surface area (Å²) in [6.45, 7) is 3.36. The molecule has 1 aliphatic rings. The third kappa shape index (κ3) is 3.42. The van der Waals surface area contributed by atoms with Crippen LogP contribution in [-0.4, -0.2) is 46.0 Å². The summed E-state index contributed by atoms with van der Waals surface area (Å²) in [4.78, 5) is 30.6. The summed E-state index contributed by atoms with van der Waals surface area (Å²) in [6, 6.07) is 5.91. The summed E-state index contributed by atoms with van der Waals surface area (Å²) in [6.07, 6.45) is 3.74. The summed E-state index contributed by atoms with van der Waals surface area (Å²) >= 11 is 0. The lowest BCUT2D eigenvalue weighted by molar-refractivity contribution is -0.151. The number of esters is 1. The molecule has 1 aliphatic heterocycles. The smallest absolute Gasteiger partial charge is 0.310 e. The first kappa shape index (κ1) is 16.5. The van der Waals surface area contributed by atoms with Crippen molar-refractivity contribution in [3.8, 4) is 0 Å². The molecule has 6 nitrogen and oxygen atoms in total. The molecule has 0 aliphatic carbocycles. The van der Waals surface area contributed by atoms with E-state index in [1.165, 1.54) is 0 Å². The van der Waals surface area contributed by atoms with Crippen LogP contribution in [0.4, 0.5) is 0 Å². The summed E-state index contributed by atoms with van der Waals surface area (Å²) in [5, 5.41) is 0. The van der Waals surface area contributed by atoms with Crippen LogP contribution in [-0.2, 0) is 27.8 Å². The molecule has 24 heavy (non-hydrogen) atoms. The van der Waals surface area contributed by atoms with Gasteiger partial charge >= 0.3 is 5.97 Å². The number of carbonyl (C=O) groups excluding carboxylic acids is 2. The van der Waals surface area contributed by atoms with Gasteiger partial charge in [-0.3, -0.25) is 9.59 Å². The molecule has 1 aromatic carbocycles. The van der Waals surface area contributed by atoms with Crippen LogP contribution in [0.25, 0.3) is 11.0 Å². The fourth-order valence-corrected chi connectivity index (χ4v) is 3.23. The number of imidazole rings is 1. The predicted octanol–water partition coefficient (Wildman–Crippen LogP) is 1.92. The third-order valence-corrected chi connectivity index (χ3v) is 4.54. The van der Waals surface area contributed by atoms with E-state index in [2.05, 4.69) is 4.98 Å². The molecule has 1 saturated heterocycles. The van der Waals surface area contributed by atoms with E-state index >= 15 is 0 Å². The minimum Gasteiger partial charge on any atom is -0.466 e. The van der Waals surface area contributed by atoms with E-state index in [1.807, 2.05) is 29.8 Å². The molecule has 0 spiro atoms. The molecular weight excluding hydrogens is 306 g/mol. The van der Waals surface area contributed by atoms with Crippen molar-refractivity contribution >= 4 is 22.9 Å². The molecule has 3 rings (SSSR count). The molecule has 2 aromatic rings. The van der Waals surface area contributed by atoms with Gasteiger partial charge in [0.1, 0.15) is 0 Å². The van der Waals surface area contributed by atoms with Crippen LogP contribution in [0.3, 0.4) is 0 Å². The fourth-order valence-electron chi connectivity index (χ4n) is 3.23. The van der Waals surface area contributed by atoms with Crippen molar-refractivity contribution in [2.24, 2.45) is 13.0 Å². The number of hydrogen-bond acceptors (Lipinski definition) is 4. The number of fused-ring (bicyclic) bond motifs is 1. The fraction of sp³-hybridized carbons (Fsp3) is 0.500. The largest absolute Gasteiger partial charge is 0.466 e. The number of carbonyl (C=O) groups is 2. The van der Waals surface area contributed by atoms with Gasteiger partial charge in [0, 0.05) is 20.1 Å². The Kier molecular flexibility index (Phi) is 4.83. The van der Waals surface area contributed by atoms with Crippen molar-refractivity contribution in [2.45, 2.75) is 26.2 Å². The highest BCUT2D eigenvalue weighted by Gasteiger charge is 2.29. The SMILES string of the molecule is CCOC(=O)C1CCCN(C(=O)Cc2ccc3c(c2)ncn3C)C1. The van der Waals surface area contributed by atoms with Gasteiger partial charge in [-0.15, -0.1) is 0 Å². The number of aryl methyl sites for hydroxylation is 1. The zero-order valence-corrected chi connectivity index (χ0v) is 14.2. The normalized spacial score (nSPS) is 17.9. The second-order valence-electron chi connectivity index (χ2n) is 6.29. The average Bonchev–Trinajstić information content (AvgIpc) is 2.96. The molecule has 2 heterocycles. The van der Waals surface area contributed by atoms with Gasteiger partial charge in [-0.05, 0) is 37.5 Å². The average molecular weight is 329 g/mol. The van der Waals surface area contributed by atoms with Crippen LogP contribution in [0.15, 0.2) is 24.5 Å². The first-order chi connectivity index (χ1) is 11.6. The standard InChI is InChI=1S/C18H23N3O3/c1-3-24-18(23)14-5-4-8-21(11-14)17(22)10-13-6-7-16-15(9-13)19-12-20(16)2/h6-7,9,12,14H,3-5,8,10-11H2,1-2H3. The molecule has 1 aromatic heterocycles. The van der Waals surface area contributed by atoms with E-state index in [9.17, 15) is 9.59 Å². The number of benzene rings is 1. The number of ether oxygens (including phenoxy) is 1. The van der Waals surface area contributed by atoms with E-state index in [4.69, 9.17) is 4.74 Å². The lowest BCUT2D eigenvalue weighted by Crippen LogP contribution is -2.43. The maximum atomic E-state index is 12.6. The molecular formula is C18H23N3O3. The molecule has 1 fully saturated rings. The van der Waals surface area contributed by atoms with Gasteiger partial charge < -0.3 is 14.2 Å². The third-order valence-electron chi connectivity index (χ3n) is 4.54. The van der Waals surface area contributed by atoms with Crippen LogP contribution in [0.1, 0.15) is 25.3 Å². The summed E-state index contributed by atoms with van der Waals surface area (Å²) in [7, 11) is 1.95. The Hall–Kier alpha value is -2.37. The number of amides is 1. The quantitative estimate of drug-likeness (QED) is 0.804. The van der Waals surface area contributed by atoms with Gasteiger partial charge in [-0.1, -0.05) is 6.07 Å². The van der Waals surface area contributed by atoms with Crippen molar-refractivity contribution in [2.75, 3.05) is 19.7 Å². The van der Waals surface area contributed by atoms with Crippen molar-refractivity contribution in [3.05, 3.63) is 30.1 Å². The van der Waals surface area contributed by atoms with Crippen LogP contribution >= 0.6 is 0 Å². The lowest BCUT2D eigenvalue weighted by atomic mass is 9.97. The molecule has 6 heteroatoms. The highest BCUT2D eigenvalue weighted by molar-refractivity contribution is 5.82. The van der Waals surface area contributed by atoms with Gasteiger partial charge in [0.2, 0.25) is 5.91 Å². The predicted molar refractivity (Wildman–Crippen MR) is 90.4 cm³/mol. The Morgan fingerprint density at radius 3 is 3.00 bits per heavy atom. The molecule has 0 bridgehead atoms. The van der Waals surface area contributed by atoms with Crippen LogP contribution in [0.2, 0.25) is 0 Å². The Morgan fingerprint density at radius 1 is 1.38 bits per heavy atom. The molecule has 1 atom stereocenters. The maximum Gasteiger partial charge on any atom is 0.310 e. The number of aromatic nitrogens is 2. The minimum absolute atomic E-state index is 0.0549. The van der Waals surface area contributed by atoms with Gasteiger partial charge in [0.05, 0.1) is 36.3 Å². The Morgan fingerprint density at radius 2 is 2.21 bits per heavy atom. The molecule has 0 radical (unpaired) electrons. The first-order valence-electron chi connectivity index (χ1n) is 8.43. The van der Waals surface area contributed by atoms with Gasteiger partial charge in [0.15, 0.2) is 0 Å². The zero-order valence-electron chi connectivity index (χ0n) is 14.2. The van der Waals surface area contributed by atoms with E-state index in [0.717, 1.165) is 29.4 Å². The molecule has 1 unspecified atom stereocenters. The Labute approximate surface area is 141 Å². The van der Waals surface area contributed by atoms with E-state index in [-0.39, 0.29) is 17.8 Å². The molecule has 128 valence electrons. The van der Waals surface area contributed by atoms with E-state index < -0.39 is 0 Å². The Bertz CT molecular complexity index is 753. The second kappa shape index (κ2) is 7.03. The number of piperidine rings is 1. The molecule has 0 N–H and O–H groups in total. The second-order valence-corrected chi connectivity index (χ2v) is 6.29. The minimum atomic E-state index is -0.194. The van der Waals surface area contributed by atoms with Gasteiger partial charge in [-0.2, -0.15) is 0 Å². The summed E-state index contributed by atoms with van der Waals surface area (Å²) < 4.78 is 7.04. The highest BCUT2D eigenvalue weighted by Crippen LogP contribution is 2.20. The van der Waals surface area contributed by atoms with Crippen LogP contribution < -0.4 is 0 Å². The van der Waals surface area contributed by atoms with Crippen LogP contribution in [0, 0.1) is 5.92 Å². The van der Waals surface area contributed by atoms with Crippen molar-refractivity contribution in [1.82, 2.24) is 14.5 Å². The summed E-state index contributed by atoms with van der Waals surface area (Å²) in [5.41, 5.74) is 2.89. The topological polar surface area (TPSA) is 64.4 Å². The highest BCUT2D eigenvalue weighted by atomic mass is 16.5. The van der Waals surface area contributed by atoms with Crippen molar-refractivity contribution in [3.63, 3.8) is 0 Å². The molecule has 1 amide bonds. The van der Waals surface area contributed by atoms with E-state index in [1.54, 1.807) is 18.2 Å². The van der Waals surface area contributed by atoms with Crippen molar-refractivity contribution in [1.29, 1.82) is 0 Å².